The van der Waals surface area contributed by atoms with Gasteiger partial charge in [-0.3, -0.25) is 0 Å². The van der Waals surface area contributed by atoms with Gasteiger partial charge < -0.3 is 10.6 Å². The summed E-state index contributed by atoms with van der Waals surface area (Å²) in [7, 11) is 0. The Balaban J connectivity index is 2.07. The largest absolute Gasteiger partial charge is 0.341 e. The Morgan fingerprint density at radius 1 is 0.941 bits per heavy atom. The van der Waals surface area contributed by atoms with Crippen molar-refractivity contribution in [2.24, 2.45) is 5.73 Å². The molecule has 0 radical (unpaired) electrons. The maximum absolute atomic E-state index is 6.16. The first-order chi connectivity index (χ1) is 8.36. The van der Waals surface area contributed by atoms with Crippen LogP contribution >= 0.6 is 0 Å². The second-order valence-electron chi connectivity index (χ2n) is 4.44. The smallest absolute Gasteiger partial charge is 0.0459 e. The van der Waals surface area contributed by atoms with Crippen LogP contribution in [0, 0.1) is 0 Å². The van der Waals surface area contributed by atoms with Crippen LogP contribution in [0.4, 0.5) is 11.4 Å². The standard InChI is InChI=1S/C15H16N2/c16-14-10-11-17(12-6-2-1-3-7-12)15-9-5-4-8-13(14)15/h1-9,14H,10-11,16H2. The van der Waals surface area contributed by atoms with Crippen LogP contribution in [-0.4, -0.2) is 6.54 Å². The molecule has 0 saturated carbocycles. The molecule has 1 aliphatic heterocycles. The molecule has 1 unspecified atom stereocenters. The lowest BCUT2D eigenvalue weighted by Crippen LogP contribution is -2.30. The molecule has 3 rings (SSSR count). The number of anilines is 2. The van der Waals surface area contributed by atoms with Crippen molar-refractivity contribution in [2.75, 3.05) is 11.4 Å². The molecule has 2 heteroatoms. The number of rotatable bonds is 1. The molecule has 0 saturated heterocycles. The van der Waals surface area contributed by atoms with Crippen molar-refractivity contribution < 1.29 is 0 Å². The summed E-state index contributed by atoms with van der Waals surface area (Å²) in [5.41, 5.74) is 9.90. The molecule has 2 nitrogen and oxygen atoms in total. The predicted molar refractivity (Wildman–Crippen MR) is 71.4 cm³/mol. The Morgan fingerprint density at radius 2 is 1.65 bits per heavy atom. The number of hydrogen-bond donors (Lipinski definition) is 1. The highest BCUT2D eigenvalue weighted by molar-refractivity contribution is 5.68. The van der Waals surface area contributed by atoms with Crippen molar-refractivity contribution in [2.45, 2.75) is 12.5 Å². The number of nitrogens with two attached hydrogens (primary N) is 1. The van der Waals surface area contributed by atoms with Crippen molar-refractivity contribution in [3.05, 3.63) is 60.2 Å². The minimum absolute atomic E-state index is 0.172. The fourth-order valence-corrected chi connectivity index (χ4v) is 2.47. The summed E-state index contributed by atoms with van der Waals surface area (Å²) in [5.74, 6) is 0. The Kier molecular flexibility index (Phi) is 2.57. The molecule has 0 bridgehead atoms. The SMILES string of the molecule is NC1CCN(c2ccccc2)c2ccccc21. The summed E-state index contributed by atoms with van der Waals surface area (Å²) in [5, 5.41) is 0. The summed E-state index contributed by atoms with van der Waals surface area (Å²) in [6, 6.07) is 19.1. The number of benzene rings is 2. The third-order valence-corrected chi connectivity index (χ3v) is 3.36. The maximum atomic E-state index is 6.16. The van der Waals surface area contributed by atoms with E-state index in [9.17, 15) is 0 Å². The quantitative estimate of drug-likeness (QED) is 0.805. The van der Waals surface area contributed by atoms with Gasteiger partial charge in [-0.15, -0.1) is 0 Å². The molecule has 86 valence electrons. The maximum Gasteiger partial charge on any atom is 0.0459 e. The van der Waals surface area contributed by atoms with Crippen molar-refractivity contribution in [3.8, 4) is 0 Å². The monoisotopic (exact) mass is 224 g/mol. The second-order valence-corrected chi connectivity index (χ2v) is 4.44. The highest BCUT2D eigenvalue weighted by Gasteiger charge is 2.22. The fourth-order valence-electron chi connectivity index (χ4n) is 2.47. The van der Waals surface area contributed by atoms with E-state index in [0.29, 0.717) is 0 Å². The zero-order valence-electron chi connectivity index (χ0n) is 9.71. The number of para-hydroxylation sites is 2. The average molecular weight is 224 g/mol. The fraction of sp³-hybridized carbons (Fsp3) is 0.200. The normalized spacial score (nSPS) is 18.9. The van der Waals surface area contributed by atoms with E-state index in [2.05, 4.69) is 53.4 Å². The van der Waals surface area contributed by atoms with E-state index < -0.39 is 0 Å². The molecular weight excluding hydrogens is 208 g/mol. The topological polar surface area (TPSA) is 29.3 Å². The van der Waals surface area contributed by atoms with Gasteiger partial charge in [0.25, 0.3) is 0 Å². The van der Waals surface area contributed by atoms with E-state index in [1.54, 1.807) is 0 Å². The molecular formula is C15H16N2. The zero-order chi connectivity index (χ0) is 11.7. The molecule has 0 amide bonds. The van der Waals surface area contributed by atoms with E-state index in [1.165, 1.54) is 16.9 Å². The lowest BCUT2D eigenvalue weighted by atomic mass is 9.97. The van der Waals surface area contributed by atoms with Gasteiger partial charge in [0, 0.05) is 24.0 Å². The van der Waals surface area contributed by atoms with Crippen LogP contribution in [0.5, 0.6) is 0 Å². The van der Waals surface area contributed by atoms with Crippen molar-refractivity contribution >= 4 is 11.4 Å². The summed E-state index contributed by atoms with van der Waals surface area (Å²) in [4.78, 5) is 2.35. The zero-order valence-corrected chi connectivity index (χ0v) is 9.71. The predicted octanol–water partition coefficient (Wildman–Crippen LogP) is 3.23. The molecule has 1 atom stereocenters. The first kappa shape index (κ1) is 10.4. The van der Waals surface area contributed by atoms with Gasteiger partial charge in [-0.25, -0.2) is 0 Å². The van der Waals surface area contributed by atoms with Gasteiger partial charge in [-0.1, -0.05) is 36.4 Å². The molecule has 1 aliphatic rings. The minimum atomic E-state index is 0.172. The minimum Gasteiger partial charge on any atom is -0.341 e. The van der Waals surface area contributed by atoms with Gasteiger partial charge in [-0.2, -0.15) is 0 Å². The van der Waals surface area contributed by atoms with Crippen LogP contribution in [0.25, 0.3) is 0 Å². The van der Waals surface area contributed by atoms with E-state index in [-0.39, 0.29) is 6.04 Å². The van der Waals surface area contributed by atoms with Crippen LogP contribution in [0.3, 0.4) is 0 Å². The van der Waals surface area contributed by atoms with Gasteiger partial charge in [0.15, 0.2) is 0 Å². The first-order valence-electron chi connectivity index (χ1n) is 6.03. The van der Waals surface area contributed by atoms with Gasteiger partial charge in [0.1, 0.15) is 0 Å². The summed E-state index contributed by atoms with van der Waals surface area (Å²) in [6.07, 6.45) is 1.01. The van der Waals surface area contributed by atoms with E-state index in [0.717, 1.165) is 13.0 Å². The lowest BCUT2D eigenvalue weighted by molar-refractivity contribution is 0.625. The van der Waals surface area contributed by atoms with Crippen LogP contribution in [0.15, 0.2) is 54.6 Å². The van der Waals surface area contributed by atoms with Gasteiger partial charge in [0.2, 0.25) is 0 Å². The van der Waals surface area contributed by atoms with Crippen LogP contribution < -0.4 is 10.6 Å². The summed E-state index contributed by atoms with van der Waals surface area (Å²) in [6.45, 7) is 0.988. The molecule has 17 heavy (non-hydrogen) atoms. The number of hydrogen-bond acceptors (Lipinski definition) is 2. The number of fused-ring (bicyclic) bond motifs is 1. The van der Waals surface area contributed by atoms with Crippen LogP contribution in [0.2, 0.25) is 0 Å². The molecule has 2 aromatic rings. The Morgan fingerprint density at radius 3 is 2.47 bits per heavy atom. The summed E-state index contributed by atoms with van der Waals surface area (Å²) < 4.78 is 0. The third-order valence-electron chi connectivity index (χ3n) is 3.36. The van der Waals surface area contributed by atoms with E-state index in [1.807, 2.05) is 6.07 Å². The van der Waals surface area contributed by atoms with Crippen molar-refractivity contribution in [3.63, 3.8) is 0 Å². The van der Waals surface area contributed by atoms with E-state index >= 15 is 0 Å². The highest BCUT2D eigenvalue weighted by Crippen LogP contribution is 2.36. The lowest BCUT2D eigenvalue weighted by Gasteiger charge is -2.34. The Bertz CT molecular complexity index is 507. The van der Waals surface area contributed by atoms with Crippen LogP contribution in [0.1, 0.15) is 18.0 Å². The van der Waals surface area contributed by atoms with E-state index in [4.69, 9.17) is 5.73 Å². The molecule has 0 fully saturated rings. The molecule has 1 heterocycles. The summed E-state index contributed by atoms with van der Waals surface area (Å²) >= 11 is 0. The van der Waals surface area contributed by atoms with Gasteiger partial charge in [-0.05, 0) is 30.2 Å². The van der Waals surface area contributed by atoms with Crippen molar-refractivity contribution in [1.29, 1.82) is 0 Å². The molecule has 0 aliphatic carbocycles. The van der Waals surface area contributed by atoms with Crippen LogP contribution in [-0.2, 0) is 0 Å². The third kappa shape index (κ3) is 1.81. The van der Waals surface area contributed by atoms with Crippen molar-refractivity contribution in [1.82, 2.24) is 0 Å². The Hall–Kier alpha value is -1.80. The second kappa shape index (κ2) is 4.22. The molecule has 0 spiro atoms. The highest BCUT2D eigenvalue weighted by atomic mass is 15.1. The first-order valence-corrected chi connectivity index (χ1v) is 6.03. The number of nitrogens with zero attached hydrogens (tertiary/aromatic N) is 1. The Labute approximate surface area is 102 Å². The van der Waals surface area contributed by atoms with Gasteiger partial charge >= 0.3 is 0 Å². The average Bonchev–Trinajstić information content (AvgIpc) is 2.41. The van der Waals surface area contributed by atoms with Gasteiger partial charge in [0.05, 0.1) is 0 Å². The molecule has 2 N–H and O–H groups in total. The molecule has 2 aromatic carbocycles. The molecule has 0 aromatic heterocycles.